The first kappa shape index (κ1) is 18.6. The summed E-state index contributed by atoms with van der Waals surface area (Å²) in [6, 6.07) is 23.6. The van der Waals surface area contributed by atoms with Gasteiger partial charge in [-0.1, -0.05) is 60.7 Å². The van der Waals surface area contributed by atoms with E-state index < -0.39 is 0 Å². The minimum absolute atomic E-state index is 0.373. The number of rotatable bonds is 5. The Hall–Kier alpha value is -3.79. The van der Waals surface area contributed by atoms with Crippen molar-refractivity contribution < 1.29 is 19.0 Å². The molecular weight excluding hydrogens is 364 g/mol. The number of cyclic esters (lactones) is 1. The summed E-state index contributed by atoms with van der Waals surface area (Å²) in [5.41, 5.74) is 4.42. The summed E-state index contributed by atoms with van der Waals surface area (Å²) in [4.78, 5) is 12.3. The van der Waals surface area contributed by atoms with Crippen molar-refractivity contribution in [1.29, 1.82) is 0 Å². The summed E-state index contributed by atoms with van der Waals surface area (Å²) in [6.07, 6.45) is 3.53. The van der Waals surface area contributed by atoms with E-state index in [0.29, 0.717) is 22.8 Å². The van der Waals surface area contributed by atoms with E-state index in [1.165, 1.54) is 0 Å². The average Bonchev–Trinajstić information content (AvgIpc) is 3.14. The smallest absolute Gasteiger partial charge is 0.343 e. The predicted octanol–water partition coefficient (Wildman–Crippen LogP) is 5.35. The van der Waals surface area contributed by atoms with E-state index in [4.69, 9.17) is 14.2 Å². The van der Waals surface area contributed by atoms with Crippen LogP contribution in [0, 0.1) is 0 Å². The molecule has 29 heavy (non-hydrogen) atoms. The average molecular weight is 384 g/mol. The van der Waals surface area contributed by atoms with E-state index in [9.17, 15) is 4.79 Å². The third-order valence-corrected chi connectivity index (χ3v) is 4.73. The molecule has 0 atom stereocenters. The van der Waals surface area contributed by atoms with Gasteiger partial charge in [-0.05, 0) is 41.0 Å². The van der Waals surface area contributed by atoms with Crippen molar-refractivity contribution in [3.05, 3.63) is 95.6 Å². The Morgan fingerprint density at radius 2 is 1.41 bits per heavy atom. The van der Waals surface area contributed by atoms with E-state index in [1.54, 1.807) is 32.4 Å². The Balaban J connectivity index is 1.60. The van der Waals surface area contributed by atoms with Crippen molar-refractivity contribution in [2.24, 2.45) is 0 Å². The number of carbonyl (C=O) groups excluding carboxylic acids is 1. The van der Waals surface area contributed by atoms with Crippen molar-refractivity contribution in [2.75, 3.05) is 14.2 Å². The molecule has 0 amide bonds. The third kappa shape index (κ3) is 3.92. The highest BCUT2D eigenvalue weighted by molar-refractivity contribution is 6.05. The fourth-order valence-electron chi connectivity index (χ4n) is 3.21. The number of hydrogen-bond donors (Lipinski definition) is 0. The van der Waals surface area contributed by atoms with Gasteiger partial charge in [-0.3, -0.25) is 0 Å². The fourth-order valence-corrected chi connectivity index (χ4v) is 3.21. The van der Waals surface area contributed by atoms with Gasteiger partial charge in [-0.25, -0.2) is 4.79 Å². The molecule has 0 aromatic heterocycles. The van der Waals surface area contributed by atoms with Gasteiger partial charge in [0.2, 0.25) is 0 Å². The number of methoxy groups -OCH3 is 2. The molecule has 1 aliphatic heterocycles. The Morgan fingerprint density at radius 3 is 2.10 bits per heavy atom. The van der Waals surface area contributed by atoms with Crippen molar-refractivity contribution >= 4 is 17.8 Å². The summed E-state index contributed by atoms with van der Waals surface area (Å²) in [5, 5.41) is 0. The molecule has 1 heterocycles. The van der Waals surface area contributed by atoms with Gasteiger partial charge in [0.05, 0.1) is 19.8 Å². The predicted molar refractivity (Wildman–Crippen MR) is 113 cm³/mol. The lowest BCUT2D eigenvalue weighted by Gasteiger charge is -2.07. The van der Waals surface area contributed by atoms with Crippen LogP contribution in [0.15, 0.2) is 84.4 Å². The highest BCUT2D eigenvalue weighted by Crippen LogP contribution is 2.32. The lowest BCUT2D eigenvalue weighted by molar-refractivity contribution is -0.130. The van der Waals surface area contributed by atoms with Gasteiger partial charge in [-0.2, -0.15) is 0 Å². The molecule has 144 valence electrons. The third-order valence-electron chi connectivity index (χ3n) is 4.73. The summed E-state index contributed by atoms with van der Waals surface area (Å²) in [6.45, 7) is 0. The maximum atomic E-state index is 12.3. The maximum absolute atomic E-state index is 12.3. The first-order valence-corrected chi connectivity index (χ1v) is 9.21. The van der Waals surface area contributed by atoms with E-state index in [2.05, 4.69) is 12.1 Å². The monoisotopic (exact) mass is 384 g/mol. The van der Waals surface area contributed by atoms with E-state index in [0.717, 1.165) is 22.3 Å². The number of benzene rings is 3. The molecule has 1 aliphatic rings. The minimum Gasteiger partial charge on any atom is -0.493 e. The van der Waals surface area contributed by atoms with Gasteiger partial charge in [0, 0.05) is 5.56 Å². The molecule has 0 spiro atoms. The van der Waals surface area contributed by atoms with Crippen LogP contribution >= 0.6 is 0 Å². The van der Waals surface area contributed by atoms with Crippen molar-refractivity contribution in [3.8, 4) is 22.6 Å². The molecule has 3 aromatic carbocycles. The van der Waals surface area contributed by atoms with Crippen LogP contribution in [0.3, 0.4) is 0 Å². The first-order valence-electron chi connectivity index (χ1n) is 9.21. The molecule has 0 saturated carbocycles. The zero-order valence-electron chi connectivity index (χ0n) is 16.2. The first-order chi connectivity index (χ1) is 14.2. The number of carbonyl (C=O) groups is 1. The lowest BCUT2D eigenvalue weighted by atomic mass is 10.0. The summed E-state index contributed by atoms with van der Waals surface area (Å²) in [5.74, 6) is 1.41. The Kier molecular flexibility index (Phi) is 5.16. The largest absolute Gasteiger partial charge is 0.493 e. The van der Waals surface area contributed by atoms with Crippen LogP contribution in [0.5, 0.6) is 11.5 Å². The molecule has 4 heteroatoms. The molecule has 0 N–H and O–H groups in total. The second-order valence-corrected chi connectivity index (χ2v) is 6.56. The van der Waals surface area contributed by atoms with E-state index in [1.807, 2.05) is 54.6 Å². The zero-order valence-corrected chi connectivity index (χ0v) is 16.2. The van der Waals surface area contributed by atoms with Crippen LogP contribution in [0.25, 0.3) is 23.0 Å². The summed E-state index contributed by atoms with van der Waals surface area (Å²) >= 11 is 0. The number of esters is 1. The number of ether oxygens (including phenoxy) is 3. The topological polar surface area (TPSA) is 44.8 Å². The molecule has 0 radical (unpaired) electrons. The Morgan fingerprint density at radius 1 is 0.759 bits per heavy atom. The molecule has 0 fully saturated rings. The molecular formula is C25H20O4. The van der Waals surface area contributed by atoms with Crippen LogP contribution in [-0.2, 0) is 9.53 Å². The van der Waals surface area contributed by atoms with Gasteiger partial charge in [-0.15, -0.1) is 0 Å². The van der Waals surface area contributed by atoms with Crippen LogP contribution < -0.4 is 9.47 Å². The van der Waals surface area contributed by atoms with Crippen molar-refractivity contribution in [2.45, 2.75) is 0 Å². The molecule has 0 saturated heterocycles. The fraction of sp³-hybridized carbons (Fsp3) is 0.0800. The van der Waals surface area contributed by atoms with Gasteiger partial charge in [0.25, 0.3) is 0 Å². The number of hydrogen-bond acceptors (Lipinski definition) is 4. The van der Waals surface area contributed by atoms with Crippen molar-refractivity contribution in [3.63, 3.8) is 0 Å². The van der Waals surface area contributed by atoms with Crippen LogP contribution in [0.2, 0.25) is 0 Å². The minimum atomic E-state index is -0.373. The second-order valence-electron chi connectivity index (χ2n) is 6.56. The maximum Gasteiger partial charge on any atom is 0.343 e. The van der Waals surface area contributed by atoms with Gasteiger partial charge < -0.3 is 14.2 Å². The molecule has 0 aliphatic carbocycles. The molecule has 3 aromatic rings. The van der Waals surface area contributed by atoms with Gasteiger partial charge in [0.1, 0.15) is 5.76 Å². The van der Waals surface area contributed by atoms with Crippen LogP contribution in [-0.4, -0.2) is 20.2 Å². The van der Waals surface area contributed by atoms with Crippen LogP contribution in [0.1, 0.15) is 11.1 Å². The summed E-state index contributed by atoms with van der Waals surface area (Å²) in [7, 11) is 3.16. The van der Waals surface area contributed by atoms with E-state index in [-0.39, 0.29) is 5.97 Å². The normalized spacial score (nSPS) is 14.5. The standard InChI is InChI=1S/C25H20O4/c1-27-22-13-8-17(15-24(22)28-2)14-21-16-23(29-25(21)26)20-11-9-19(10-12-20)18-6-4-3-5-7-18/h3-16H,1-2H3/b21-14-. The van der Waals surface area contributed by atoms with E-state index >= 15 is 0 Å². The zero-order chi connectivity index (χ0) is 20.2. The molecule has 0 bridgehead atoms. The van der Waals surface area contributed by atoms with Crippen LogP contribution in [0.4, 0.5) is 0 Å². The Labute approximate surface area is 169 Å². The molecule has 4 rings (SSSR count). The SMILES string of the molecule is COc1ccc(/C=C2/C=C(c3ccc(-c4ccccc4)cc3)OC2=O)cc1OC. The molecule has 4 nitrogen and oxygen atoms in total. The van der Waals surface area contributed by atoms with Gasteiger partial charge in [0.15, 0.2) is 11.5 Å². The van der Waals surface area contributed by atoms with Crippen molar-refractivity contribution in [1.82, 2.24) is 0 Å². The summed E-state index contributed by atoms with van der Waals surface area (Å²) < 4.78 is 16.0. The highest BCUT2D eigenvalue weighted by Gasteiger charge is 2.22. The Bertz CT molecular complexity index is 1090. The second kappa shape index (κ2) is 8.07. The molecule has 0 unspecified atom stereocenters. The highest BCUT2D eigenvalue weighted by atomic mass is 16.5. The van der Waals surface area contributed by atoms with Gasteiger partial charge >= 0.3 is 5.97 Å². The quantitative estimate of drug-likeness (QED) is 0.439. The lowest BCUT2D eigenvalue weighted by Crippen LogP contribution is -1.97.